The maximum Gasteiger partial charge on any atom is 0.164 e. The molecule has 0 bridgehead atoms. The molecule has 3 heteroatoms. The van der Waals surface area contributed by atoms with Gasteiger partial charge < -0.3 is 0 Å². The summed E-state index contributed by atoms with van der Waals surface area (Å²) in [7, 11) is 0. The van der Waals surface area contributed by atoms with E-state index < -0.39 is 0 Å². The molecule has 0 amide bonds. The van der Waals surface area contributed by atoms with Crippen molar-refractivity contribution in [3.63, 3.8) is 0 Å². The molecular formula is C11H12ClFO. The lowest BCUT2D eigenvalue weighted by molar-refractivity contribution is 0.0989. The molecule has 0 unspecified atom stereocenters. The summed E-state index contributed by atoms with van der Waals surface area (Å²) in [5, 5.41) is 0. The third kappa shape index (κ3) is 2.32. The van der Waals surface area contributed by atoms with Gasteiger partial charge in [0.2, 0.25) is 0 Å². The first-order chi connectivity index (χ1) is 6.56. The van der Waals surface area contributed by atoms with Crippen molar-refractivity contribution in [2.24, 2.45) is 0 Å². The van der Waals surface area contributed by atoms with Gasteiger partial charge in [0.15, 0.2) is 5.78 Å². The molecule has 1 nitrogen and oxygen atoms in total. The molecule has 1 rings (SSSR count). The number of carbonyl (C=O) groups is 1. The molecule has 0 spiro atoms. The Kier molecular flexibility index (Phi) is 3.64. The second kappa shape index (κ2) is 4.56. The van der Waals surface area contributed by atoms with Gasteiger partial charge in [-0.15, -0.1) is 11.6 Å². The van der Waals surface area contributed by atoms with Crippen molar-refractivity contribution in [3.05, 3.63) is 34.6 Å². The highest BCUT2D eigenvalue weighted by Crippen LogP contribution is 2.16. The number of ketones is 1. The highest BCUT2D eigenvalue weighted by molar-refractivity contribution is 6.19. The summed E-state index contributed by atoms with van der Waals surface area (Å²) < 4.78 is 13.2. The standard InChI is InChI=1S/C11H12ClFO/c1-7-5-9(10(14)3-4-12)6-8(2)11(7)13/h5-6H,3-4H2,1-2H3. The molecule has 0 aliphatic rings. The van der Waals surface area contributed by atoms with Crippen LogP contribution in [0.2, 0.25) is 0 Å². The summed E-state index contributed by atoms with van der Waals surface area (Å²) in [5.41, 5.74) is 1.55. The number of aryl methyl sites for hydroxylation is 2. The summed E-state index contributed by atoms with van der Waals surface area (Å²) in [6.45, 7) is 3.31. The molecule has 0 heterocycles. The number of hydrogen-bond acceptors (Lipinski definition) is 1. The lowest BCUT2D eigenvalue weighted by Gasteiger charge is -2.04. The molecular weight excluding hydrogens is 203 g/mol. The van der Waals surface area contributed by atoms with E-state index in [1.165, 1.54) is 0 Å². The van der Waals surface area contributed by atoms with E-state index in [9.17, 15) is 9.18 Å². The fourth-order valence-corrected chi connectivity index (χ4v) is 1.51. The van der Waals surface area contributed by atoms with Crippen molar-refractivity contribution in [1.29, 1.82) is 0 Å². The van der Waals surface area contributed by atoms with E-state index in [4.69, 9.17) is 11.6 Å². The minimum absolute atomic E-state index is 0.0359. The first kappa shape index (κ1) is 11.2. The van der Waals surface area contributed by atoms with E-state index >= 15 is 0 Å². The largest absolute Gasteiger partial charge is 0.294 e. The number of halogens is 2. The zero-order valence-electron chi connectivity index (χ0n) is 8.23. The van der Waals surface area contributed by atoms with Gasteiger partial charge in [0, 0.05) is 17.9 Å². The average molecular weight is 215 g/mol. The second-order valence-electron chi connectivity index (χ2n) is 3.29. The molecule has 0 aliphatic carbocycles. The van der Waals surface area contributed by atoms with Crippen LogP contribution in [0.3, 0.4) is 0 Å². The summed E-state index contributed by atoms with van der Waals surface area (Å²) in [5.74, 6) is 0.0209. The SMILES string of the molecule is Cc1cc(C(=O)CCCl)cc(C)c1F. The van der Waals surface area contributed by atoms with Gasteiger partial charge in [-0.05, 0) is 37.1 Å². The molecule has 0 N–H and O–H groups in total. The normalized spacial score (nSPS) is 10.3. The fourth-order valence-electron chi connectivity index (χ4n) is 1.34. The monoisotopic (exact) mass is 214 g/mol. The average Bonchev–Trinajstić information content (AvgIpc) is 2.13. The van der Waals surface area contributed by atoms with Gasteiger partial charge in [-0.2, -0.15) is 0 Å². The summed E-state index contributed by atoms with van der Waals surface area (Å²) in [6, 6.07) is 3.13. The van der Waals surface area contributed by atoms with Crippen LogP contribution in [-0.2, 0) is 0 Å². The zero-order chi connectivity index (χ0) is 10.7. The summed E-state index contributed by atoms with van der Waals surface area (Å²) in [6.07, 6.45) is 0.298. The Labute approximate surface area is 87.9 Å². The Morgan fingerprint density at radius 3 is 2.29 bits per heavy atom. The Morgan fingerprint density at radius 2 is 1.86 bits per heavy atom. The topological polar surface area (TPSA) is 17.1 Å². The predicted molar refractivity (Wildman–Crippen MR) is 55.5 cm³/mol. The summed E-state index contributed by atoms with van der Waals surface area (Å²) in [4.78, 5) is 11.5. The van der Waals surface area contributed by atoms with E-state index in [1.54, 1.807) is 26.0 Å². The smallest absolute Gasteiger partial charge is 0.164 e. The van der Waals surface area contributed by atoms with Crippen molar-refractivity contribution in [1.82, 2.24) is 0 Å². The Balaban J connectivity index is 3.06. The van der Waals surface area contributed by atoms with Crippen LogP contribution in [0.15, 0.2) is 12.1 Å². The van der Waals surface area contributed by atoms with E-state index in [1.807, 2.05) is 0 Å². The molecule has 0 atom stereocenters. The third-order valence-corrected chi connectivity index (χ3v) is 2.27. The molecule has 0 aliphatic heterocycles. The van der Waals surface area contributed by atoms with Crippen LogP contribution in [0.25, 0.3) is 0 Å². The fraction of sp³-hybridized carbons (Fsp3) is 0.364. The Hall–Kier alpha value is -0.890. The predicted octanol–water partition coefficient (Wildman–Crippen LogP) is 3.25. The number of hydrogen-bond donors (Lipinski definition) is 0. The van der Waals surface area contributed by atoms with Crippen LogP contribution in [-0.4, -0.2) is 11.7 Å². The lowest BCUT2D eigenvalue weighted by Crippen LogP contribution is -2.02. The van der Waals surface area contributed by atoms with Crippen molar-refractivity contribution in [3.8, 4) is 0 Å². The van der Waals surface area contributed by atoms with Gasteiger partial charge in [0.1, 0.15) is 5.82 Å². The van der Waals surface area contributed by atoms with Gasteiger partial charge >= 0.3 is 0 Å². The van der Waals surface area contributed by atoms with Gasteiger partial charge in [-0.1, -0.05) is 0 Å². The van der Waals surface area contributed by atoms with Crippen LogP contribution >= 0.6 is 11.6 Å². The van der Waals surface area contributed by atoms with E-state index in [2.05, 4.69) is 0 Å². The molecule has 0 saturated heterocycles. The van der Waals surface area contributed by atoms with Gasteiger partial charge in [-0.25, -0.2) is 4.39 Å². The zero-order valence-corrected chi connectivity index (χ0v) is 8.99. The molecule has 76 valence electrons. The van der Waals surface area contributed by atoms with Crippen molar-refractivity contribution in [2.75, 3.05) is 5.88 Å². The van der Waals surface area contributed by atoms with E-state index in [-0.39, 0.29) is 11.6 Å². The Bertz CT molecular complexity index is 337. The maximum absolute atomic E-state index is 13.2. The van der Waals surface area contributed by atoms with Crippen LogP contribution < -0.4 is 0 Å². The van der Waals surface area contributed by atoms with Crippen LogP contribution in [0, 0.1) is 19.7 Å². The number of carbonyl (C=O) groups excluding carboxylic acids is 1. The van der Waals surface area contributed by atoms with E-state index in [0.29, 0.717) is 29.0 Å². The van der Waals surface area contributed by atoms with E-state index in [0.717, 1.165) is 0 Å². The summed E-state index contributed by atoms with van der Waals surface area (Å²) >= 11 is 5.46. The van der Waals surface area contributed by atoms with Crippen molar-refractivity contribution < 1.29 is 9.18 Å². The minimum atomic E-state index is -0.243. The first-order valence-corrected chi connectivity index (χ1v) is 4.95. The number of benzene rings is 1. The van der Waals surface area contributed by atoms with Gasteiger partial charge in [0.25, 0.3) is 0 Å². The third-order valence-electron chi connectivity index (χ3n) is 2.08. The quantitative estimate of drug-likeness (QED) is 0.558. The highest BCUT2D eigenvalue weighted by atomic mass is 35.5. The van der Waals surface area contributed by atoms with Gasteiger partial charge in [-0.3, -0.25) is 4.79 Å². The molecule has 1 aromatic rings. The first-order valence-electron chi connectivity index (χ1n) is 4.42. The molecule has 0 aromatic heterocycles. The molecule has 1 aromatic carbocycles. The Morgan fingerprint density at radius 1 is 1.36 bits per heavy atom. The molecule has 0 radical (unpaired) electrons. The molecule has 0 saturated carbocycles. The van der Waals surface area contributed by atoms with Crippen molar-refractivity contribution >= 4 is 17.4 Å². The van der Waals surface area contributed by atoms with Crippen LogP contribution in [0.1, 0.15) is 27.9 Å². The second-order valence-corrected chi connectivity index (χ2v) is 3.66. The lowest BCUT2D eigenvalue weighted by atomic mass is 10.0. The van der Waals surface area contributed by atoms with Crippen LogP contribution in [0.4, 0.5) is 4.39 Å². The van der Waals surface area contributed by atoms with Crippen molar-refractivity contribution in [2.45, 2.75) is 20.3 Å². The number of alkyl halides is 1. The van der Waals surface area contributed by atoms with Gasteiger partial charge in [0.05, 0.1) is 0 Å². The number of Topliss-reactive ketones (excluding diaryl/α,β-unsaturated/α-hetero) is 1. The number of rotatable bonds is 3. The van der Waals surface area contributed by atoms with Crippen LogP contribution in [0.5, 0.6) is 0 Å². The molecule has 14 heavy (non-hydrogen) atoms. The maximum atomic E-state index is 13.2. The highest BCUT2D eigenvalue weighted by Gasteiger charge is 2.09. The molecule has 0 fully saturated rings. The minimum Gasteiger partial charge on any atom is -0.294 e.